The Bertz CT molecular complexity index is 1680. The van der Waals surface area contributed by atoms with Crippen molar-refractivity contribution in [1.29, 1.82) is 0 Å². The van der Waals surface area contributed by atoms with Crippen LogP contribution in [0.5, 0.6) is 11.5 Å². The van der Waals surface area contributed by atoms with Gasteiger partial charge in [-0.1, -0.05) is 51.3 Å². The minimum absolute atomic E-state index is 0.125. The Morgan fingerprint density at radius 2 is 1.61 bits per heavy atom. The summed E-state index contributed by atoms with van der Waals surface area (Å²) in [6.07, 6.45) is 1.33. The molecule has 41 heavy (non-hydrogen) atoms. The van der Waals surface area contributed by atoms with Gasteiger partial charge in [-0.05, 0) is 82.7 Å². The van der Waals surface area contributed by atoms with Crippen LogP contribution in [-0.4, -0.2) is 31.1 Å². The van der Waals surface area contributed by atoms with E-state index in [2.05, 4.69) is 47.7 Å². The van der Waals surface area contributed by atoms with Crippen molar-refractivity contribution in [3.05, 3.63) is 120 Å². The molecule has 0 spiro atoms. The summed E-state index contributed by atoms with van der Waals surface area (Å²) in [7, 11) is 1.52. The maximum Gasteiger partial charge on any atom is 0.345 e. The van der Waals surface area contributed by atoms with Gasteiger partial charge in [0.2, 0.25) is 0 Å². The Kier molecular flexibility index (Phi) is 10.2. The van der Waals surface area contributed by atoms with Gasteiger partial charge in [0.1, 0.15) is 5.75 Å². The number of nitrogens with zero attached hydrogens (tertiary/aromatic N) is 1. The first-order valence-electron chi connectivity index (χ1n) is 11.7. The van der Waals surface area contributed by atoms with E-state index in [1.54, 1.807) is 54.6 Å². The van der Waals surface area contributed by atoms with Crippen LogP contribution < -0.4 is 20.2 Å². The van der Waals surface area contributed by atoms with E-state index in [-0.39, 0.29) is 27.8 Å². The number of esters is 1. The molecule has 12 heteroatoms. The second-order valence-corrected chi connectivity index (χ2v) is 10.9. The molecule has 0 aliphatic carbocycles. The Balaban J connectivity index is 1.47. The zero-order valence-corrected chi connectivity index (χ0v) is 25.8. The molecule has 0 unspecified atom stereocenters. The van der Waals surface area contributed by atoms with Gasteiger partial charge in [-0.15, -0.1) is 0 Å². The third kappa shape index (κ3) is 7.95. The number of methoxy groups -OCH3 is 1. The highest BCUT2D eigenvalue weighted by atomic mass is 79.9. The van der Waals surface area contributed by atoms with Gasteiger partial charge in [-0.3, -0.25) is 9.59 Å². The van der Waals surface area contributed by atoms with E-state index < -0.39 is 11.9 Å². The number of anilines is 1. The van der Waals surface area contributed by atoms with Crippen LogP contribution in [0, 0.1) is 0 Å². The van der Waals surface area contributed by atoms with Crippen molar-refractivity contribution in [2.45, 2.75) is 0 Å². The summed E-state index contributed by atoms with van der Waals surface area (Å²) in [6.45, 7) is 0. The summed E-state index contributed by atoms with van der Waals surface area (Å²) < 4.78 is 11.9. The summed E-state index contributed by atoms with van der Waals surface area (Å²) in [5.41, 5.74) is 4.01. The fourth-order valence-electron chi connectivity index (χ4n) is 3.52. The number of benzene rings is 4. The maximum atomic E-state index is 12.8. The third-order valence-electron chi connectivity index (χ3n) is 5.47. The number of ether oxygens (including phenoxy) is 2. The molecule has 2 amide bonds. The smallest absolute Gasteiger partial charge is 0.345 e. The molecular formula is C29H19Br2Cl2N3O5. The lowest BCUT2D eigenvalue weighted by atomic mass is 10.1. The van der Waals surface area contributed by atoms with Gasteiger partial charge in [0.25, 0.3) is 11.8 Å². The Labute approximate surface area is 261 Å². The number of carbonyl (C=O) groups is 3. The predicted octanol–water partition coefficient (Wildman–Crippen LogP) is 7.76. The van der Waals surface area contributed by atoms with Gasteiger partial charge in [0.15, 0.2) is 5.75 Å². The summed E-state index contributed by atoms with van der Waals surface area (Å²) in [6, 6.07) is 20.8. The van der Waals surface area contributed by atoms with Crippen LogP contribution in [0.15, 0.2) is 92.9 Å². The van der Waals surface area contributed by atoms with Crippen LogP contribution in [0.3, 0.4) is 0 Å². The summed E-state index contributed by atoms with van der Waals surface area (Å²) in [4.78, 5) is 38.2. The summed E-state index contributed by atoms with van der Waals surface area (Å²) in [5.74, 6) is -0.889. The highest BCUT2D eigenvalue weighted by molar-refractivity contribution is 9.11. The number of halogens is 4. The largest absolute Gasteiger partial charge is 0.497 e. The molecule has 0 saturated carbocycles. The van der Waals surface area contributed by atoms with E-state index in [0.29, 0.717) is 36.5 Å². The number of hydrazone groups is 1. The van der Waals surface area contributed by atoms with Crippen molar-refractivity contribution < 1.29 is 23.9 Å². The summed E-state index contributed by atoms with van der Waals surface area (Å²) in [5, 5.41) is 7.30. The number of hydrogen-bond acceptors (Lipinski definition) is 6. The topological polar surface area (TPSA) is 106 Å². The van der Waals surface area contributed by atoms with Gasteiger partial charge >= 0.3 is 5.97 Å². The van der Waals surface area contributed by atoms with E-state index in [1.165, 1.54) is 37.6 Å². The van der Waals surface area contributed by atoms with Crippen molar-refractivity contribution >= 4 is 84.7 Å². The Hall–Kier alpha value is -3.70. The second-order valence-electron chi connectivity index (χ2n) is 8.29. The number of rotatable bonds is 8. The molecule has 0 atom stereocenters. The van der Waals surface area contributed by atoms with Gasteiger partial charge < -0.3 is 14.8 Å². The van der Waals surface area contributed by atoms with Crippen LogP contribution in [0.2, 0.25) is 10.0 Å². The molecule has 4 aromatic rings. The van der Waals surface area contributed by atoms with Gasteiger partial charge in [0, 0.05) is 31.9 Å². The van der Waals surface area contributed by atoms with Crippen LogP contribution in [0.1, 0.15) is 36.6 Å². The molecule has 0 heterocycles. The standard InChI is InChI=1S/C29H19Br2Cl2N3O5/c1-40-22-7-3-5-17(12-22)27(37)35-21-6-2-4-16(11-21)28(38)36-34-15-18-10-19(30)13-24(31)26(18)41-29(39)23-9-8-20(32)14-25(23)33/h2-15H,1H3,(H,35,37)(H,36,38). The lowest BCUT2D eigenvalue weighted by Gasteiger charge is -2.11. The van der Waals surface area contributed by atoms with Crippen LogP contribution in [0.25, 0.3) is 0 Å². The van der Waals surface area contributed by atoms with Crippen LogP contribution in [0.4, 0.5) is 5.69 Å². The Morgan fingerprint density at radius 3 is 2.34 bits per heavy atom. The Morgan fingerprint density at radius 1 is 0.878 bits per heavy atom. The normalized spacial score (nSPS) is 10.8. The zero-order valence-electron chi connectivity index (χ0n) is 21.1. The van der Waals surface area contributed by atoms with Crippen LogP contribution in [-0.2, 0) is 0 Å². The van der Waals surface area contributed by atoms with Crippen molar-refractivity contribution in [1.82, 2.24) is 5.43 Å². The average Bonchev–Trinajstić information content (AvgIpc) is 2.94. The SMILES string of the molecule is COc1cccc(C(=O)Nc2cccc(C(=O)NN=Cc3cc(Br)cc(Br)c3OC(=O)c3ccc(Cl)cc3Cl)c2)c1. The van der Waals surface area contributed by atoms with Crippen molar-refractivity contribution in [3.8, 4) is 11.5 Å². The van der Waals surface area contributed by atoms with E-state index in [1.807, 2.05) is 0 Å². The second kappa shape index (κ2) is 13.8. The number of hydrogen-bond donors (Lipinski definition) is 2. The fraction of sp³-hybridized carbons (Fsp3) is 0.0345. The highest BCUT2D eigenvalue weighted by Gasteiger charge is 2.18. The molecule has 0 fully saturated rings. The molecule has 0 radical (unpaired) electrons. The third-order valence-corrected chi connectivity index (χ3v) is 7.06. The number of amides is 2. The minimum atomic E-state index is -0.707. The fourth-order valence-corrected chi connectivity index (χ4v) is 5.34. The van der Waals surface area contributed by atoms with E-state index >= 15 is 0 Å². The molecule has 208 valence electrons. The molecule has 0 aliphatic heterocycles. The lowest BCUT2D eigenvalue weighted by molar-refractivity contribution is 0.0732. The van der Waals surface area contributed by atoms with Gasteiger partial charge in [-0.25, -0.2) is 10.2 Å². The first kappa shape index (κ1) is 30.3. The van der Waals surface area contributed by atoms with Crippen LogP contribution >= 0.6 is 55.1 Å². The molecule has 4 rings (SSSR count). The lowest BCUT2D eigenvalue weighted by Crippen LogP contribution is -2.18. The first-order chi connectivity index (χ1) is 19.6. The molecule has 0 saturated heterocycles. The van der Waals surface area contributed by atoms with E-state index in [0.717, 1.165) is 0 Å². The van der Waals surface area contributed by atoms with Crippen molar-refractivity contribution in [2.75, 3.05) is 12.4 Å². The number of nitrogens with one attached hydrogen (secondary N) is 2. The van der Waals surface area contributed by atoms with E-state index in [9.17, 15) is 14.4 Å². The predicted molar refractivity (Wildman–Crippen MR) is 166 cm³/mol. The number of carbonyl (C=O) groups excluding carboxylic acids is 3. The summed E-state index contributed by atoms with van der Waals surface area (Å²) >= 11 is 18.8. The monoisotopic (exact) mass is 717 g/mol. The van der Waals surface area contributed by atoms with Crippen molar-refractivity contribution in [3.63, 3.8) is 0 Å². The maximum absolute atomic E-state index is 12.8. The highest BCUT2D eigenvalue weighted by Crippen LogP contribution is 2.33. The molecule has 0 aromatic heterocycles. The molecule has 2 N–H and O–H groups in total. The molecule has 8 nitrogen and oxygen atoms in total. The molecular weight excluding hydrogens is 701 g/mol. The van der Waals surface area contributed by atoms with Crippen molar-refractivity contribution in [2.24, 2.45) is 5.10 Å². The molecule has 0 bridgehead atoms. The van der Waals surface area contributed by atoms with E-state index in [4.69, 9.17) is 32.7 Å². The molecule has 4 aromatic carbocycles. The molecule has 0 aliphatic rings. The average molecular weight is 720 g/mol. The first-order valence-corrected chi connectivity index (χ1v) is 14.0. The van der Waals surface area contributed by atoms with Gasteiger partial charge in [0.05, 0.1) is 28.4 Å². The zero-order chi connectivity index (χ0) is 29.5. The van der Waals surface area contributed by atoms with Gasteiger partial charge in [-0.2, -0.15) is 5.10 Å². The quantitative estimate of drug-likeness (QED) is 0.0838. The minimum Gasteiger partial charge on any atom is -0.497 e.